The van der Waals surface area contributed by atoms with Crippen molar-refractivity contribution in [1.29, 1.82) is 0 Å². The van der Waals surface area contributed by atoms with Crippen molar-refractivity contribution in [2.45, 2.75) is 69.8 Å². The molecule has 164 valence electrons. The van der Waals surface area contributed by atoms with E-state index in [4.69, 9.17) is 15.9 Å². The molecule has 0 aliphatic carbocycles. The molecule has 0 saturated carbocycles. The fourth-order valence-corrected chi connectivity index (χ4v) is 3.01. The van der Waals surface area contributed by atoms with E-state index in [2.05, 4.69) is 10.6 Å². The number of carboxylic acid groups (broad SMARTS) is 2. The van der Waals surface area contributed by atoms with Crippen LogP contribution in [0.5, 0.6) is 0 Å². The van der Waals surface area contributed by atoms with Crippen LogP contribution in [-0.2, 0) is 24.0 Å². The minimum atomic E-state index is -1.63. The molecule has 1 aliphatic rings. The zero-order valence-corrected chi connectivity index (χ0v) is 16.3. The fourth-order valence-electron chi connectivity index (χ4n) is 3.01. The van der Waals surface area contributed by atoms with Crippen LogP contribution in [0.2, 0.25) is 0 Å². The summed E-state index contributed by atoms with van der Waals surface area (Å²) in [4.78, 5) is 60.6. The Morgan fingerprint density at radius 1 is 1.14 bits per heavy atom. The Labute approximate surface area is 167 Å². The SMILES string of the molecule is CC(N)C(=O)N1CCCC1C(=O)NC(CCC(=O)O)C(=O)NC(C(=O)O)C(C)O. The summed E-state index contributed by atoms with van der Waals surface area (Å²) in [5, 5.41) is 32.0. The molecule has 1 saturated heterocycles. The number of hydrogen-bond donors (Lipinski definition) is 6. The topological polar surface area (TPSA) is 199 Å². The van der Waals surface area contributed by atoms with Gasteiger partial charge in [-0.3, -0.25) is 19.2 Å². The lowest BCUT2D eigenvalue weighted by Crippen LogP contribution is -2.57. The molecule has 12 nitrogen and oxygen atoms in total. The molecule has 5 unspecified atom stereocenters. The summed E-state index contributed by atoms with van der Waals surface area (Å²) in [6.07, 6.45) is -1.26. The predicted molar refractivity (Wildman–Crippen MR) is 98.4 cm³/mol. The van der Waals surface area contributed by atoms with Crippen molar-refractivity contribution in [3.8, 4) is 0 Å². The molecule has 0 aromatic heterocycles. The highest BCUT2D eigenvalue weighted by Gasteiger charge is 2.37. The summed E-state index contributed by atoms with van der Waals surface area (Å²) >= 11 is 0. The number of nitrogens with zero attached hydrogens (tertiary/aromatic N) is 1. The van der Waals surface area contributed by atoms with Crippen molar-refractivity contribution in [2.75, 3.05) is 6.54 Å². The first kappa shape index (κ1) is 24.3. The third-order valence-corrected chi connectivity index (χ3v) is 4.55. The number of rotatable bonds is 10. The van der Waals surface area contributed by atoms with Crippen molar-refractivity contribution in [2.24, 2.45) is 5.73 Å². The van der Waals surface area contributed by atoms with Crippen LogP contribution in [0.1, 0.15) is 39.5 Å². The van der Waals surface area contributed by atoms with Gasteiger partial charge < -0.3 is 36.6 Å². The number of carbonyl (C=O) groups excluding carboxylic acids is 3. The smallest absolute Gasteiger partial charge is 0.328 e. The molecule has 5 atom stereocenters. The van der Waals surface area contributed by atoms with Crippen LogP contribution in [0.4, 0.5) is 0 Å². The van der Waals surface area contributed by atoms with Gasteiger partial charge in [-0.25, -0.2) is 4.79 Å². The molecule has 0 aromatic rings. The second kappa shape index (κ2) is 10.7. The summed E-state index contributed by atoms with van der Waals surface area (Å²) in [6.45, 7) is 2.98. The van der Waals surface area contributed by atoms with Gasteiger partial charge in [0, 0.05) is 13.0 Å². The number of aliphatic hydroxyl groups is 1. The van der Waals surface area contributed by atoms with Gasteiger partial charge in [-0.1, -0.05) is 0 Å². The highest BCUT2D eigenvalue weighted by Crippen LogP contribution is 2.18. The van der Waals surface area contributed by atoms with Gasteiger partial charge in [0.1, 0.15) is 12.1 Å². The van der Waals surface area contributed by atoms with Crippen molar-refractivity contribution < 1.29 is 39.3 Å². The van der Waals surface area contributed by atoms with Gasteiger partial charge in [-0.2, -0.15) is 0 Å². The van der Waals surface area contributed by atoms with Crippen molar-refractivity contribution in [3.63, 3.8) is 0 Å². The van der Waals surface area contributed by atoms with Crippen LogP contribution in [0.3, 0.4) is 0 Å². The van der Waals surface area contributed by atoms with Crippen molar-refractivity contribution in [3.05, 3.63) is 0 Å². The van der Waals surface area contributed by atoms with Crippen LogP contribution in [0, 0.1) is 0 Å². The summed E-state index contributed by atoms with van der Waals surface area (Å²) in [5.41, 5.74) is 5.59. The van der Waals surface area contributed by atoms with Crippen LogP contribution < -0.4 is 16.4 Å². The molecule has 3 amide bonds. The molecule has 1 heterocycles. The largest absolute Gasteiger partial charge is 0.481 e. The Balaban J connectivity index is 2.92. The Hall–Kier alpha value is -2.73. The second-order valence-electron chi connectivity index (χ2n) is 7.04. The van der Waals surface area contributed by atoms with Crippen LogP contribution >= 0.6 is 0 Å². The lowest BCUT2D eigenvalue weighted by atomic mass is 10.1. The number of carbonyl (C=O) groups is 5. The van der Waals surface area contributed by atoms with Crippen molar-refractivity contribution >= 4 is 29.7 Å². The first-order chi connectivity index (χ1) is 13.5. The Kier molecular flexibility index (Phi) is 8.98. The van der Waals surface area contributed by atoms with Gasteiger partial charge in [0.25, 0.3) is 0 Å². The molecule has 7 N–H and O–H groups in total. The average Bonchev–Trinajstić information content (AvgIpc) is 3.10. The maximum atomic E-state index is 12.7. The normalized spacial score (nSPS) is 20.3. The van der Waals surface area contributed by atoms with Gasteiger partial charge in [0.2, 0.25) is 17.7 Å². The average molecular weight is 416 g/mol. The molecular weight excluding hydrogens is 388 g/mol. The maximum Gasteiger partial charge on any atom is 0.328 e. The number of hydrogen-bond acceptors (Lipinski definition) is 7. The number of amides is 3. The van der Waals surface area contributed by atoms with Crippen molar-refractivity contribution in [1.82, 2.24) is 15.5 Å². The van der Waals surface area contributed by atoms with Gasteiger partial charge in [0.15, 0.2) is 6.04 Å². The van der Waals surface area contributed by atoms with E-state index >= 15 is 0 Å². The van der Waals surface area contributed by atoms with Gasteiger partial charge >= 0.3 is 11.9 Å². The summed E-state index contributed by atoms with van der Waals surface area (Å²) in [6, 6.07) is -4.65. The zero-order valence-electron chi connectivity index (χ0n) is 16.3. The van der Waals surface area contributed by atoms with E-state index < -0.39 is 66.4 Å². The first-order valence-electron chi connectivity index (χ1n) is 9.25. The van der Waals surface area contributed by atoms with Crippen LogP contribution in [-0.4, -0.2) is 86.7 Å². The molecule has 1 aliphatic heterocycles. The number of likely N-dealkylation sites (tertiary alicyclic amines) is 1. The maximum absolute atomic E-state index is 12.7. The van der Waals surface area contributed by atoms with E-state index in [1.165, 1.54) is 18.7 Å². The minimum Gasteiger partial charge on any atom is -0.481 e. The van der Waals surface area contributed by atoms with Crippen LogP contribution in [0.15, 0.2) is 0 Å². The third kappa shape index (κ3) is 6.98. The molecule has 29 heavy (non-hydrogen) atoms. The molecule has 0 spiro atoms. The Morgan fingerprint density at radius 3 is 2.24 bits per heavy atom. The number of carboxylic acids is 2. The van der Waals surface area contributed by atoms with E-state index in [1.807, 2.05) is 0 Å². The third-order valence-electron chi connectivity index (χ3n) is 4.55. The molecule has 0 radical (unpaired) electrons. The van der Waals surface area contributed by atoms with Gasteiger partial charge in [0.05, 0.1) is 12.1 Å². The van der Waals surface area contributed by atoms with E-state index in [1.54, 1.807) is 0 Å². The number of aliphatic hydroxyl groups excluding tert-OH is 1. The first-order valence-corrected chi connectivity index (χ1v) is 9.25. The molecule has 0 bridgehead atoms. The quantitative estimate of drug-likeness (QED) is 0.225. The fraction of sp³-hybridized carbons (Fsp3) is 0.706. The van der Waals surface area contributed by atoms with Gasteiger partial charge in [-0.05, 0) is 33.1 Å². The monoisotopic (exact) mass is 416 g/mol. The summed E-state index contributed by atoms with van der Waals surface area (Å²) < 4.78 is 0. The number of nitrogens with one attached hydrogen (secondary N) is 2. The van der Waals surface area contributed by atoms with E-state index in [0.717, 1.165) is 0 Å². The molecule has 12 heteroatoms. The summed E-state index contributed by atoms with van der Waals surface area (Å²) in [5.74, 6) is -4.73. The lowest BCUT2D eigenvalue weighted by molar-refractivity contribution is -0.146. The minimum absolute atomic E-state index is 0.299. The lowest BCUT2D eigenvalue weighted by Gasteiger charge is -2.28. The molecule has 1 fully saturated rings. The highest BCUT2D eigenvalue weighted by molar-refractivity contribution is 5.94. The van der Waals surface area contributed by atoms with Crippen LogP contribution in [0.25, 0.3) is 0 Å². The van der Waals surface area contributed by atoms with E-state index in [-0.39, 0.29) is 6.42 Å². The Morgan fingerprint density at radius 2 is 1.76 bits per heavy atom. The van der Waals surface area contributed by atoms with E-state index in [0.29, 0.717) is 19.4 Å². The standard InChI is InChI=1S/C17H28N4O8/c1-8(18)16(27)21-7-3-4-11(21)15(26)19-10(5-6-12(23)24)14(25)20-13(9(2)22)17(28)29/h8-11,13,22H,3-7,18H2,1-2H3,(H,19,26)(H,20,25)(H,23,24)(H,28,29). The number of aliphatic carboxylic acids is 2. The van der Waals surface area contributed by atoms with E-state index in [9.17, 15) is 29.1 Å². The van der Waals surface area contributed by atoms with Gasteiger partial charge in [-0.15, -0.1) is 0 Å². The number of nitrogens with two attached hydrogens (primary N) is 1. The molecule has 1 rings (SSSR count). The zero-order chi connectivity index (χ0) is 22.3. The summed E-state index contributed by atoms with van der Waals surface area (Å²) in [7, 11) is 0. The second-order valence-corrected chi connectivity index (χ2v) is 7.04. The molecular formula is C17H28N4O8. The molecule has 0 aromatic carbocycles. The Bertz CT molecular complexity index is 651. The highest BCUT2D eigenvalue weighted by atomic mass is 16.4. The predicted octanol–water partition coefficient (Wildman–Crippen LogP) is -2.38.